The van der Waals surface area contributed by atoms with E-state index in [9.17, 15) is 10.1 Å². The SMILES string of the molecule is Cn1ncc2c(N3CCN(c4ccc([N+](=O)[O-])c(-c5ccccc5)n4)CC3)ncnc21. The summed E-state index contributed by atoms with van der Waals surface area (Å²) in [6, 6.07) is 12.5. The van der Waals surface area contributed by atoms with E-state index in [1.165, 1.54) is 0 Å². The largest absolute Gasteiger partial charge is 0.353 e. The molecular formula is C21H20N8O2. The molecule has 0 radical (unpaired) electrons. The third-order valence-corrected chi connectivity index (χ3v) is 5.51. The van der Waals surface area contributed by atoms with Crippen LogP contribution in [0.4, 0.5) is 17.3 Å². The van der Waals surface area contributed by atoms with Gasteiger partial charge >= 0.3 is 0 Å². The summed E-state index contributed by atoms with van der Waals surface area (Å²) in [6.45, 7) is 2.95. The fraction of sp³-hybridized carbons (Fsp3) is 0.238. The fourth-order valence-electron chi connectivity index (χ4n) is 3.92. The zero-order valence-electron chi connectivity index (χ0n) is 16.9. The Morgan fingerprint density at radius 3 is 2.45 bits per heavy atom. The number of rotatable bonds is 4. The van der Waals surface area contributed by atoms with Crippen LogP contribution in [0.5, 0.6) is 0 Å². The number of piperazine rings is 1. The molecule has 1 fully saturated rings. The molecule has 0 atom stereocenters. The molecule has 1 aromatic carbocycles. The zero-order chi connectivity index (χ0) is 21.4. The molecule has 0 aliphatic carbocycles. The lowest BCUT2D eigenvalue weighted by molar-refractivity contribution is -0.384. The molecule has 0 N–H and O–H groups in total. The van der Waals surface area contributed by atoms with Crippen molar-refractivity contribution in [3.63, 3.8) is 0 Å². The number of aromatic nitrogens is 5. The Balaban J connectivity index is 1.40. The second kappa shape index (κ2) is 7.63. The zero-order valence-corrected chi connectivity index (χ0v) is 16.9. The Labute approximate surface area is 177 Å². The quantitative estimate of drug-likeness (QED) is 0.369. The minimum absolute atomic E-state index is 0.00791. The highest BCUT2D eigenvalue weighted by atomic mass is 16.6. The molecule has 0 spiro atoms. The Kier molecular flexibility index (Phi) is 4.66. The minimum Gasteiger partial charge on any atom is -0.353 e. The summed E-state index contributed by atoms with van der Waals surface area (Å²) in [6.07, 6.45) is 3.36. The van der Waals surface area contributed by atoms with E-state index in [0.717, 1.165) is 54.4 Å². The average Bonchev–Trinajstić information content (AvgIpc) is 3.20. The smallest absolute Gasteiger partial charge is 0.295 e. The van der Waals surface area contributed by atoms with Gasteiger partial charge in [-0.05, 0) is 6.07 Å². The molecule has 3 aromatic heterocycles. The van der Waals surface area contributed by atoms with E-state index in [0.29, 0.717) is 5.69 Å². The topological polar surface area (TPSA) is 106 Å². The van der Waals surface area contributed by atoms with Crippen molar-refractivity contribution in [2.24, 2.45) is 7.05 Å². The van der Waals surface area contributed by atoms with Crippen molar-refractivity contribution in [3.8, 4) is 11.3 Å². The molecule has 4 aromatic rings. The van der Waals surface area contributed by atoms with Gasteiger partial charge in [-0.25, -0.2) is 15.0 Å². The van der Waals surface area contributed by atoms with E-state index >= 15 is 0 Å². The van der Waals surface area contributed by atoms with Crippen molar-refractivity contribution in [2.75, 3.05) is 36.0 Å². The maximum atomic E-state index is 11.5. The highest BCUT2D eigenvalue weighted by molar-refractivity contribution is 5.86. The standard InChI is InChI=1S/C21H20N8O2/c1-26-20-16(13-24-26)21(23-14-22-20)28-11-9-27(10-12-28)18-8-7-17(29(30)31)19(25-18)15-5-3-2-4-6-15/h2-8,13-14H,9-12H2,1H3. The minimum atomic E-state index is -0.384. The molecule has 0 amide bonds. The number of hydrogen-bond acceptors (Lipinski definition) is 8. The van der Waals surface area contributed by atoms with Crippen LogP contribution in [-0.4, -0.2) is 55.8 Å². The summed E-state index contributed by atoms with van der Waals surface area (Å²) in [4.78, 5) is 28.9. The lowest BCUT2D eigenvalue weighted by atomic mass is 10.1. The van der Waals surface area contributed by atoms with Crippen molar-refractivity contribution >= 4 is 28.4 Å². The molecule has 0 unspecified atom stereocenters. The molecule has 5 rings (SSSR count). The van der Waals surface area contributed by atoms with Crippen LogP contribution in [-0.2, 0) is 7.05 Å². The van der Waals surface area contributed by atoms with E-state index in [1.54, 1.807) is 29.3 Å². The summed E-state index contributed by atoms with van der Waals surface area (Å²) in [5.41, 5.74) is 1.93. The van der Waals surface area contributed by atoms with Crippen LogP contribution < -0.4 is 9.80 Å². The molecule has 1 aliphatic rings. The number of benzene rings is 1. The maximum absolute atomic E-state index is 11.5. The normalized spacial score (nSPS) is 14.2. The van der Waals surface area contributed by atoms with Crippen LogP contribution in [0, 0.1) is 10.1 Å². The van der Waals surface area contributed by atoms with Crippen molar-refractivity contribution in [2.45, 2.75) is 0 Å². The summed E-state index contributed by atoms with van der Waals surface area (Å²) in [5, 5.41) is 16.7. The fourth-order valence-corrected chi connectivity index (χ4v) is 3.92. The first kappa shape index (κ1) is 18.9. The van der Waals surface area contributed by atoms with Crippen molar-refractivity contribution in [1.29, 1.82) is 0 Å². The molecule has 4 heterocycles. The number of hydrogen-bond donors (Lipinski definition) is 0. The lowest BCUT2D eigenvalue weighted by Crippen LogP contribution is -2.47. The second-order valence-corrected chi connectivity index (χ2v) is 7.34. The number of fused-ring (bicyclic) bond motifs is 1. The first-order chi connectivity index (χ1) is 15.1. The van der Waals surface area contributed by atoms with Gasteiger partial charge in [-0.3, -0.25) is 14.8 Å². The van der Waals surface area contributed by atoms with Gasteiger partial charge in [-0.2, -0.15) is 5.10 Å². The predicted molar refractivity (Wildman–Crippen MR) is 117 cm³/mol. The number of aryl methyl sites for hydroxylation is 1. The molecule has 156 valence electrons. The Hall–Kier alpha value is -4.08. The van der Waals surface area contributed by atoms with Crippen LogP contribution >= 0.6 is 0 Å². The van der Waals surface area contributed by atoms with Gasteiger partial charge < -0.3 is 9.80 Å². The van der Waals surface area contributed by atoms with Gasteiger partial charge in [0.25, 0.3) is 5.69 Å². The molecule has 31 heavy (non-hydrogen) atoms. The highest BCUT2D eigenvalue weighted by Gasteiger charge is 2.24. The van der Waals surface area contributed by atoms with Crippen LogP contribution in [0.1, 0.15) is 0 Å². The molecule has 0 saturated carbocycles. The van der Waals surface area contributed by atoms with E-state index in [1.807, 2.05) is 37.4 Å². The third-order valence-electron chi connectivity index (χ3n) is 5.51. The van der Waals surface area contributed by atoms with E-state index in [-0.39, 0.29) is 10.6 Å². The van der Waals surface area contributed by atoms with E-state index in [2.05, 4.69) is 29.9 Å². The number of nitrogens with zero attached hydrogens (tertiary/aromatic N) is 8. The molecule has 1 saturated heterocycles. The van der Waals surface area contributed by atoms with E-state index in [4.69, 9.17) is 0 Å². The number of pyridine rings is 1. The molecular weight excluding hydrogens is 396 g/mol. The van der Waals surface area contributed by atoms with Crippen LogP contribution in [0.2, 0.25) is 0 Å². The van der Waals surface area contributed by atoms with Gasteiger partial charge in [0.15, 0.2) is 11.3 Å². The lowest BCUT2D eigenvalue weighted by Gasteiger charge is -2.36. The first-order valence-corrected chi connectivity index (χ1v) is 9.95. The van der Waals surface area contributed by atoms with Crippen molar-refractivity contribution in [3.05, 3.63) is 65.1 Å². The Bertz CT molecular complexity index is 1250. The molecule has 10 heteroatoms. The monoisotopic (exact) mass is 416 g/mol. The van der Waals surface area contributed by atoms with E-state index < -0.39 is 0 Å². The highest BCUT2D eigenvalue weighted by Crippen LogP contribution is 2.31. The van der Waals surface area contributed by atoms with Gasteiger partial charge in [0, 0.05) is 44.9 Å². The molecule has 1 aliphatic heterocycles. The maximum Gasteiger partial charge on any atom is 0.295 e. The average molecular weight is 416 g/mol. The number of nitro groups is 1. The molecule has 10 nitrogen and oxygen atoms in total. The van der Waals surface area contributed by atoms with Gasteiger partial charge in [-0.1, -0.05) is 30.3 Å². The van der Waals surface area contributed by atoms with Crippen LogP contribution in [0.3, 0.4) is 0 Å². The second-order valence-electron chi connectivity index (χ2n) is 7.34. The van der Waals surface area contributed by atoms with Crippen LogP contribution in [0.25, 0.3) is 22.3 Å². The number of anilines is 2. The summed E-state index contributed by atoms with van der Waals surface area (Å²) >= 11 is 0. The third kappa shape index (κ3) is 3.41. The molecule has 0 bridgehead atoms. The van der Waals surface area contributed by atoms with Gasteiger partial charge in [0.1, 0.15) is 18.0 Å². The Morgan fingerprint density at radius 2 is 1.71 bits per heavy atom. The van der Waals surface area contributed by atoms with Crippen LogP contribution in [0.15, 0.2) is 55.0 Å². The van der Waals surface area contributed by atoms with Crippen molar-refractivity contribution in [1.82, 2.24) is 24.7 Å². The first-order valence-electron chi connectivity index (χ1n) is 9.95. The van der Waals surface area contributed by atoms with Gasteiger partial charge in [-0.15, -0.1) is 0 Å². The summed E-state index contributed by atoms with van der Waals surface area (Å²) < 4.78 is 1.74. The summed E-state index contributed by atoms with van der Waals surface area (Å²) in [5.74, 6) is 1.61. The Morgan fingerprint density at radius 1 is 0.968 bits per heavy atom. The van der Waals surface area contributed by atoms with Gasteiger partial charge in [0.2, 0.25) is 0 Å². The van der Waals surface area contributed by atoms with Crippen molar-refractivity contribution < 1.29 is 4.92 Å². The van der Waals surface area contributed by atoms with Gasteiger partial charge in [0.05, 0.1) is 16.5 Å². The summed E-state index contributed by atoms with van der Waals surface area (Å²) in [7, 11) is 1.86. The predicted octanol–water partition coefficient (Wildman–Crippen LogP) is 2.66.